The lowest BCUT2D eigenvalue weighted by Crippen LogP contribution is -2.28. The van der Waals surface area contributed by atoms with E-state index in [4.69, 9.17) is 0 Å². The number of carbonyl (C=O) groups excluding carboxylic acids is 2. The van der Waals surface area contributed by atoms with E-state index in [0.717, 1.165) is 21.5 Å². The summed E-state index contributed by atoms with van der Waals surface area (Å²) in [6.45, 7) is 3.94. The van der Waals surface area contributed by atoms with Gasteiger partial charge in [-0.1, -0.05) is 12.1 Å². The molecule has 4 N–H and O–H groups in total. The zero-order valence-corrected chi connectivity index (χ0v) is 21.2. The summed E-state index contributed by atoms with van der Waals surface area (Å²) < 4.78 is 0.366. The summed E-state index contributed by atoms with van der Waals surface area (Å²) >= 11 is 4.67. The molecule has 0 unspecified atom stereocenters. The lowest BCUT2D eigenvalue weighted by molar-refractivity contribution is -0.132. The van der Waals surface area contributed by atoms with Crippen LogP contribution in [0.5, 0.6) is 0 Å². The number of aromatic amines is 1. The molecular weight excluding hydrogens is 532 g/mol. The second-order valence-electron chi connectivity index (χ2n) is 7.73. The molecule has 0 aliphatic carbocycles. The Balaban J connectivity index is 1.47. The number of rotatable bonds is 7. The second-order valence-corrected chi connectivity index (χ2v) is 9.82. The number of nitrogens with one attached hydrogen (secondary N) is 3. The van der Waals surface area contributed by atoms with E-state index in [1.807, 2.05) is 37.4 Å². The van der Waals surface area contributed by atoms with Gasteiger partial charge in [-0.25, -0.2) is 9.78 Å². The molecule has 0 radical (unpaired) electrons. The molecule has 2 heterocycles. The number of amides is 2. The summed E-state index contributed by atoms with van der Waals surface area (Å²) in [5.74, 6) is -2.18. The maximum Gasteiger partial charge on any atom is 0.352 e. The number of carbonyl (C=O) groups is 3. The molecule has 178 valence electrons. The molecule has 4 rings (SSSR count). The summed E-state index contributed by atoms with van der Waals surface area (Å²) in [4.78, 5) is 45.3. The van der Waals surface area contributed by atoms with Gasteiger partial charge in [-0.15, -0.1) is 11.3 Å². The molecule has 0 aliphatic rings. The van der Waals surface area contributed by atoms with E-state index in [1.165, 1.54) is 35.6 Å². The molecule has 0 saturated heterocycles. The summed E-state index contributed by atoms with van der Waals surface area (Å²) in [7, 11) is 0. The van der Waals surface area contributed by atoms with Crippen molar-refractivity contribution in [3.05, 3.63) is 91.1 Å². The molecule has 0 aliphatic heterocycles. The van der Waals surface area contributed by atoms with Crippen LogP contribution in [0.4, 0.5) is 0 Å². The smallest absolute Gasteiger partial charge is 0.352 e. The molecule has 8 nitrogen and oxygen atoms in total. The molecule has 2 amide bonds. The molecule has 2 aromatic carbocycles. The molecule has 2 aromatic heterocycles. The summed E-state index contributed by atoms with van der Waals surface area (Å²) in [6.07, 6.45) is 3.24. The summed E-state index contributed by atoms with van der Waals surface area (Å²) in [5.41, 5.74) is 2.94. The van der Waals surface area contributed by atoms with Gasteiger partial charge >= 0.3 is 5.97 Å². The highest BCUT2D eigenvalue weighted by atomic mass is 79.9. The minimum absolute atomic E-state index is 0.197. The maximum atomic E-state index is 12.8. The molecular formula is C25H21BrN4O4S. The molecule has 0 bridgehead atoms. The van der Waals surface area contributed by atoms with Gasteiger partial charge in [0.1, 0.15) is 5.70 Å². The SMILES string of the molecule is Cc1nc(C)c(/C=C(\NC(=O)c2ccc(C(=O)NCc3cccc4[nH]ccc34)cc2Br)C(=O)O)s1. The van der Waals surface area contributed by atoms with Crippen LogP contribution in [0.3, 0.4) is 0 Å². The topological polar surface area (TPSA) is 124 Å². The highest BCUT2D eigenvalue weighted by Gasteiger charge is 2.18. The Labute approximate surface area is 213 Å². The Morgan fingerprint density at radius 3 is 2.63 bits per heavy atom. The molecule has 0 spiro atoms. The van der Waals surface area contributed by atoms with Crippen LogP contribution in [-0.2, 0) is 11.3 Å². The van der Waals surface area contributed by atoms with E-state index in [9.17, 15) is 19.5 Å². The van der Waals surface area contributed by atoms with E-state index in [2.05, 4.69) is 36.5 Å². The number of H-pyrrole nitrogens is 1. The monoisotopic (exact) mass is 552 g/mol. The van der Waals surface area contributed by atoms with Crippen molar-refractivity contribution >= 4 is 62.0 Å². The normalized spacial score (nSPS) is 11.5. The highest BCUT2D eigenvalue weighted by molar-refractivity contribution is 9.10. The van der Waals surface area contributed by atoms with Gasteiger partial charge in [0.2, 0.25) is 0 Å². The number of aliphatic carboxylic acids is 1. The minimum Gasteiger partial charge on any atom is -0.477 e. The van der Waals surface area contributed by atoms with Crippen molar-refractivity contribution in [2.45, 2.75) is 20.4 Å². The fourth-order valence-electron chi connectivity index (χ4n) is 3.58. The standard InChI is InChI=1S/C25H21BrN4O4S/c1-13-22(35-14(2)29-13)11-21(25(33)34)30-24(32)18-7-6-15(10-19(18)26)23(31)28-12-16-4-3-5-20-17(16)8-9-27-20/h3-11,27H,12H2,1-2H3,(H,28,31)(H,30,32)(H,33,34)/b21-11-. The van der Waals surface area contributed by atoms with Gasteiger partial charge in [-0.2, -0.15) is 0 Å². The summed E-state index contributed by atoms with van der Waals surface area (Å²) in [5, 5.41) is 16.7. The number of nitrogens with zero attached hydrogens (tertiary/aromatic N) is 1. The molecule has 10 heteroatoms. The van der Waals surface area contributed by atoms with Crippen LogP contribution in [0.1, 0.15) is 41.9 Å². The minimum atomic E-state index is -1.27. The number of aromatic nitrogens is 2. The van der Waals surface area contributed by atoms with Crippen LogP contribution >= 0.6 is 27.3 Å². The quantitative estimate of drug-likeness (QED) is 0.245. The van der Waals surface area contributed by atoms with Crippen LogP contribution in [0, 0.1) is 13.8 Å². The van der Waals surface area contributed by atoms with Crippen molar-refractivity contribution in [1.29, 1.82) is 0 Å². The predicted octanol–water partition coefficient (Wildman–Crippen LogP) is 4.79. The number of fused-ring (bicyclic) bond motifs is 1. The average Bonchev–Trinajstić information content (AvgIpc) is 3.42. The van der Waals surface area contributed by atoms with E-state index in [-0.39, 0.29) is 17.2 Å². The number of hydrogen-bond acceptors (Lipinski definition) is 5. The number of hydrogen-bond donors (Lipinski definition) is 4. The first-order valence-corrected chi connectivity index (χ1v) is 12.2. The molecule has 0 saturated carbocycles. The number of carboxylic acid groups (broad SMARTS) is 1. The first-order valence-electron chi connectivity index (χ1n) is 10.6. The largest absolute Gasteiger partial charge is 0.477 e. The van der Waals surface area contributed by atoms with Crippen molar-refractivity contribution in [1.82, 2.24) is 20.6 Å². The number of benzene rings is 2. The molecule has 0 atom stereocenters. The third-order valence-corrected chi connectivity index (χ3v) is 6.97. The van der Waals surface area contributed by atoms with Gasteiger partial charge in [-0.05, 0) is 71.7 Å². The van der Waals surface area contributed by atoms with E-state index < -0.39 is 11.9 Å². The zero-order valence-electron chi connectivity index (χ0n) is 18.8. The van der Waals surface area contributed by atoms with Crippen molar-refractivity contribution < 1.29 is 19.5 Å². The molecule has 35 heavy (non-hydrogen) atoms. The van der Waals surface area contributed by atoms with Crippen molar-refractivity contribution in [3.63, 3.8) is 0 Å². The van der Waals surface area contributed by atoms with Crippen LogP contribution < -0.4 is 10.6 Å². The summed E-state index contributed by atoms with van der Waals surface area (Å²) in [6, 6.07) is 12.3. The molecule has 4 aromatic rings. The van der Waals surface area contributed by atoms with Gasteiger partial charge < -0.3 is 20.7 Å². The number of aryl methyl sites for hydroxylation is 2. The van der Waals surface area contributed by atoms with Crippen molar-refractivity contribution in [3.8, 4) is 0 Å². The Kier molecular flexibility index (Phi) is 7.13. The third-order valence-electron chi connectivity index (χ3n) is 5.29. The predicted molar refractivity (Wildman–Crippen MR) is 138 cm³/mol. The van der Waals surface area contributed by atoms with Crippen molar-refractivity contribution in [2.75, 3.05) is 0 Å². The average molecular weight is 553 g/mol. The Morgan fingerprint density at radius 2 is 1.94 bits per heavy atom. The van der Waals surface area contributed by atoms with Crippen LogP contribution in [0.25, 0.3) is 17.0 Å². The van der Waals surface area contributed by atoms with Gasteiger partial charge in [0, 0.05) is 33.7 Å². The lowest BCUT2D eigenvalue weighted by Gasteiger charge is -2.10. The lowest BCUT2D eigenvalue weighted by atomic mass is 10.1. The van der Waals surface area contributed by atoms with Crippen molar-refractivity contribution in [2.24, 2.45) is 0 Å². The van der Waals surface area contributed by atoms with Crippen LogP contribution in [0.15, 0.2) is 58.8 Å². The number of halogens is 1. The van der Waals surface area contributed by atoms with Crippen LogP contribution in [0.2, 0.25) is 0 Å². The number of thiazole rings is 1. The first kappa shape index (κ1) is 24.4. The second kappa shape index (κ2) is 10.2. The van der Waals surface area contributed by atoms with E-state index in [0.29, 0.717) is 27.2 Å². The Morgan fingerprint density at radius 1 is 1.14 bits per heavy atom. The number of carboxylic acids is 1. The Hall–Kier alpha value is -3.76. The fourth-order valence-corrected chi connectivity index (χ4v) is 5.01. The Bertz CT molecular complexity index is 1490. The third kappa shape index (κ3) is 5.50. The van der Waals surface area contributed by atoms with Gasteiger partial charge in [0.25, 0.3) is 11.8 Å². The van der Waals surface area contributed by atoms with E-state index in [1.54, 1.807) is 6.92 Å². The molecule has 0 fully saturated rings. The van der Waals surface area contributed by atoms with Gasteiger partial charge in [0.05, 0.1) is 21.1 Å². The van der Waals surface area contributed by atoms with Crippen LogP contribution in [-0.4, -0.2) is 32.9 Å². The fraction of sp³-hybridized carbons (Fsp3) is 0.120. The first-order chi connectivity index (χ1) is 16.7. The van der Waals surface area contributed by atoms with E-state index >= 15 is 0 Å². The highest BCUT2D eigenvalue weighted by Crippen LogP contribution is 2.22. The van der Waals surface area contributed by atoms with Gasteiger partial charge in [0.15, 0.2) is 0 Å². The maximum absolute atomic E-state index is 12.8. The van der Waals surface area contributed by atoms with Gasteiger partial charge in [-0.3, -0.25) is 9.59 Å². The zero-order chi connectivity index (χ0) is 25.1.